The number of amides is 1. The Kier molecular flexibility index (Phi) is 3.48. The molecule has 16 heavy (non-hydrogen) atoms. The molecule has 0 saturated carbocycles. The molecule has 0 aromatic rings. The van der Waals surface area contributed by atoms with Crippen LogP contribution in [0.4, 0.5) is 13.2 Å². The SMILES string of the molecule is CS(=O)(=O)N1CC(C(=O)NCC(F)(F)F)C1. The first kappa shape index (κ1) is 13.2. The summed E-state index contributed by atoms with van der Waals surface area (Å²) in [7, 11) is -3.34. The van der Waals surface area contributed by atoms with Gasteiger partial charge in [0.15, 0.2) is 0 Å². The van der Waals surface area contributed by atoms with Crippen LogP contribution >= 0.6 is 0 Å². The molecule has 9 heteroatoms. The van der Waals surface area contributed by atoms with E-state index in [1.165, 1.54) is 0 Å². The summed E-state index contributed by atoms with van der Waals surface area (Å²) >= 11 is 0. The van der Waals surface area contributed by atoms with E-state index in [1.807, 2.05) is 0 Å². The second-order valence-electron chi connectivity index (χ2n) is 3.61. The highest BCUT2D eigenvalue weighted by Gasteiger charge is 2.38. The van der Waals surface area contributed by atoms with Crippen LogP contribution in [-0.4, -0.2) is 50.7 Å². The summed E-state index contributed by atoms with van der Waals surface area (Å²) in [6, 6.07) is 0. The molecule has 0 spiro atoms. The predicted molar refractivity (Wildman–Crippen MR) is 49.0 cm³/mol. The lowest BCUT2D eigenvalue weighted by Crippen LogP contribution is -2.56. The summed E-state index contributed by atoms with van der Waals surface area (Å²) in [5.41, 5.74) is 0. The summed E-state index contributed by atoms with van der Waals surface area (Å²) in [6.45, 7) is -1.49. The van der Waals surface area contributed by atoms with E-state index in [0.29, 0.717) is 0 Å². The zero-order valence-electron chi connectivity index (χ0n) is 8.41. The number of rotatable bonds is 3. The lowest BCUT2D eigenvalue weighted by Gasteiger charge is -2.35. The van der Waals surface area contributed by atoms with E-state index in [1.54, 1.807) is 5.32 Å². The van der Waals surface area contributed by atoms with Gasteiger partial charge in [0.2, 0.25) is 15.9 Å². The van der Waals surface area contributed by atoms with E-state index < -0.39 is 34.6 Å². The normalized spacial score (nSPS) is 19.2. The highest BCUT2D eigenvalue weighted by atomic mass is 32.2. The van der Waals surface area contributed by atoms with E-state index in [-0.39, 0.29) is 13.1 Å². The number of sulfonamides is 1. The molecular formula is C7H11F3N2O3S. The maximum Gasteiger partial charge on any atom is 0.405 e. The van der Waals surface area contributed by atoms with Gasteiger partial charge in [-0.3, -0.25) is 4.79 Å². The van der Waals surface area contributed by atoms with Gasteiger partial charge >= 0.3 is 6.18 Å². The molecule has 0 radical (unpaired) electrons. The molecule has 1 heterocycles. The van der Waals surface area contributed by atoms with Crippen molar-refractivity contribution < 1.29 is 26.4 Å². The summed E-state index contributed by atoms with van der Waals surface area (Å²) < 4.78 is 58.1. The number of nitrogens with one attached hydrogen (secondary N) is 1. The van der Waals surface area contributed by atoms with Gasteiger partial charge in [-0.1, -0.05) is 0 Å². The minimum absolute atomic E-state index is 0.0531. The van der Waals surface area contributed by atoms with E-state index in [0.717, 1.165) is 10.6 Å². The Labute approximate surface area is 90.7 Å². The highest BCUT2D eigenvalue weighted by Crippen LogP contribution is 2.19. The van der Waals surface area contributed by atoms with Crippen molar-refractivity contribution in [3.05, 3.63) is 0 Å². The Morgan fingerprint density at radius 2 is 1.94 bits per heavy atom. The minimum atomic E-state index is -4.45. The molecule has 1 rings (SSSR count). The third-order valence-electron chi connectivity index (χ3n) is 2.15. The molecule has 1 aliphatic rings. The number of nitrogens with zero attached hydrogens (tertiary/aromatic N) is 1. The molecule has 0 atom stereocenters. The Morgan fingerprint density at radius 3 is 2.31 bits per heavy atom. The Hall–Kier alpha value is -0.830. The molecule has 1 fully saturated rings. The van der Waals surface area contributed by atoms with Crippen LogP contribution in [0.15, 0.2) is 0 Å². The van der Waals surface area contributed by atoms with Gasteiger partial charge in [-0.25, -0.2) is 12.7 Å². The van der Waals surface area contributed by atoms with Crippen LogP contribution in [0, 0.1) is 5.92 Å². The van der Waals surface area contributed by atoms with Crippen molar-refractivity contribution in [2.45, 2.75) is 6.18 Å². The zero-order valence-corrected chi connectivity index (χ0v) is 9.23. The predicted octanol–water partition coefficient (Wildman–Crippen LogP) is -0.444. The van der Waals surface area contributed by atoms with Crippen molar-refractivity contribution in [1.29, 1.82) is 0 Å². The molecule has 0 aliphatic carbocycles. The van der Waals surface area contributed by atoms with E-state index in [4.69, 9.17) is 0 Å². The Morgan fingerprint density at radius 1 is 1.44 bits per heavy atom. The average Bonchev–Trinajstić information content (AvgIpc) is 1.93. The molecule has 0 bridgehead atoms. The van der Waals surface area contributed by atoms with Crippen LogP contribution in [0.1, 0.15) is 0 Å². The summed E-state index contributed by atoms with van der Waals surface area (Å²) in [6.07, 6.45) is -3.47. The van der Waals surface area contributed by atoms with Gasteiger partial charge in [0.05, 0.1) is 12.2 Å². The van der Waals surface area contributed by atoms with E-state index in [9.17, 15) is 26.4 Å². The first-order chi connectivity index (χ1) is 7.09. The minimum Gasteiger partial charge on any atom is -0.347 e. The van der Waals surface area contributed by atoms with Crippen LogP contribution in [0.25, 0.3) is 0 Å². The quantitative estimate of drug-likeness (QED) is 0.748. The number of halogens is 3. The number of hydrogen-bond donors (Lipinski definition) is 1. The fourth-order valence-corrected chi connectivity index (χ4v) is 2.11. The first-order valence-corrected chi connectivity index (χ1v) is 6.24. The van der Waals surface area contributed by atoms with Crippen molar-refractivity contribution in [2.24, 2.45) is 5.92 Å². The molecule has 0 aromatic heterocycles. The fourth-order valence-electron chi connectivity index (χ4n) is 1.21. The van der Waals surface area contributed by atoms with Gasteiger partial charge < -0.3 is 5.32 Å². The van der Waals surface area contributed by atoms with Gasteiger partial charge in [0.1, 0.15) is 6.54 Å². The Bertz CT molecular complexity index is 373. The van der Waals surface area contributed by atoms with Gasteiger partial charge in [-0.15, -0.1) is 0 Å². The van der Waals surface area contributed by atoms with Gasteiger partial charge in [-0.05, 0) is 0 Å². The monoisotopic (exact) mass is 260 g/mol. The molecule has 5 nitrogen and oxygen atoms in total. The van der Waals surface area contributed by atoms with Crippen LogP contribution in [0.5, 0.6) is 0 Å². The largest absolute Gasteiger partial charge is 0.405 e. The topological polar surface area (TPSA) is 66.5 Å². The molecule has 0 unspecified atom stereocenters. The fraction of sp³-hybridized carbons (Fsp3) is 0.857. The third-order valence-corrected chi connectivity index (χ3v) is 3.39. The van der Waals surface area contributed by atoms with Crippen molar-refractivity contribution in [3.63, 3.8) is 0 Å². The second-order valence-corrected chi connectivity index (χ2v) is 5.59. The summed E-state index contributed by atoms with van der Waals surface area (Å²) in [5.74, 6) is -1.45. The van der Waals surface area contributed by atoms with Crippen LogP contribution in [0.2, 0.25) is 0 Å². The van der Waals surface area contributed by atoms with Crippen molar-refractivity contribution in [1.82, 2.24) is 9.62 Å². The lowest BCUT2D eigenvalue weighted by molar-refractivity contribution is -0.142. The number of alkyl halides is 3. The third kappa shape index (κ3) is 3.63. The van der Waals surface area contributed by atoms with E-state index in [2.05, 4.69) is 0 Å². The standard InChI is InChI=1S/C7H11F3N2O3S/c1-16(14,15)12-2-5(3-12)6(13)11-4-7(8,9)10/h5H,2-4H2,1H3,(H,11,13). The molecular weight excluding hydrogens is 249 g/mol. The van der Waals surface area contributed by atoms with Crippen molar-refractivity contribution in [2.75, 3.05) is 25.9 Å². The first-order valence-electron chi connectivity index (χ1n) is 4.39. The van der Waals surface area contributed by atoms with Crippen LogP contribution in [-0.2, 0) is 14.8 Å². The molecule has 0 aromatic carbocycles. The van der Waals surface area contributed by atoms with Crippen LogP contribution in [0.3, 0.4) is 0 Å². The number of carbonyl (C=O) groups excluding carboxylic acids is 1. The van der Waals surface area contributed by atoms with E-state index >= 15 is 0 Å². The number of hydrogen-bond acceptors (Lipinski definition) is 3. The Balaban J connectivity index is 2.33. The van der Waals surface area contributed by atoms with Crippen LogP contribution < -0.4 is 5.32 Å². The average molecular weight is 260 g/mol. The second kappa shape index (κ2) is 4.21. The molecule has 1 N–H and O–H groups in total. The zero-order chi connectivity index (χ0) is 12.6. The smallest absolute Gasteiger partial charge is 0.347 e. The molecule has 94 valence electrons. The maximum atomic E-state index is 11.7. The van der Waals surface area contributed by atoms with Crippen molar-refractivity contribution >= 4 is 15.9 Å². The molecule has 1 amide bonds. The van der Waals surface area contributed by atoms with Gasteiger partial charge in [-0.2, -0.15) is 13.2 Å². The maximum absolute atomic E-state index is 11.7. The number of carbonyl (C=O) groups is 1. The van der Waals surface area contributed by atoms with Gasteiger partial charge in [0, 0.05) is 13.1 Å². The summed E-state index contributed by atoms with van der Waals surface area (Å²) in [5, 5.41) is 1.71. The molecule has 1 saturated heterocycles. The highest BCUT2D eigenvalue weighted by molar-refractivity contribution is 7.88. The van der Waals surface area contributed by atoms with Crippen molar-refractivity contribution in [3.8, 4) is 0 Å². The molecule has 1 aliphatic heterocycles. The lowest BCUT2D eigenvalue weighted by atomic mass is 10.0. The summed E-state index contributed by atoms with van der Waals surface area (Å²) in [4.78, 5) is 11.1. The van der Waals surface area contributed by atoms with Gasteiger partial charge in [0.25, 0.3) is 0 Å².